The smallest absolute Gasteiger partial charge is 0.0345 e. The minimum absolute atomic E-state index is 0. The van der Waals surface area contributed by atoms with Crippen LogP contribution in [0.15, 0.2) is 143 Å². The molecule has 2 heterocycles. The Morgan fingerprint density at radius 3 is 1.33 bits per heavy atom. The van der Waals surface area contributed by atoms with E-state index in [0.29, 0.717) is 0 Å². The summed E-state index contributed by atoms with van der Waals surface area (Å²) >= 11 is 1.79. The van der Waals surface area contributed by atoms with Crippen LogP contribution in [0.3, 0.4) is 0 Å². The molecule has 0 bridgehead atoms. The molecule has 0 amide bonds. The second-order valence-corrected chi connectivity index (χ2v) is 9.25. The summed E-state index contributed by atoms with van der Waals surface area (Å²) in [6.07, 6.45) is 0. The van der Waals surface area contributed by atoms with Gasteiger partial charge in [0.05, 0.1) is 0 Å². The van der Waals surface area contributed by atoms with Crippen LogP contribution in [0.5, 0.6) is 0 Å². The van der Waals surface area contributed by atoms with Gasteiger partial charge in [-0.3, -0.25) is 0 Å². The Kier molecular flexibility index (Phi) is 7.49. The Labute approximate surface area is 232 Å². The summed E-state index contributed by atoms with van der Waals surface area (Å²) in [6.45, 7) is 2.15. The van der Waals surface area contributed by atoms with Crippen molar-refractivity contribution in [2.75, 3.05) is 9.80 Å². The summed E-state index contributed by atoms with van der Waals surface area (Å²) in [7, 11) is 0. The third-order valence-corrected chi connectivity index (χ3v) is 7.02. The van der Waals surface area contributed by atoms with Crippen LogP contribution in [0.25, 0.3) is 5.32 Å². The van der Waals surface area contributed by atoms with Gasteiger partial charge < -0.3 is 15.1 Å². The van der Waals surface area contributed by atoms with Crippen molar-refractivity contribution in [2.45, 2.75) is 9.79 Å². The normalized spacial score (nSPS) is 12.7. The van der Waals surface area contributed by atoms with Crippen molar-refractivity contribution in [1.82, 2.24) is 0 Å². The molecule has 5 heteroatoms. The van der Waals surface area contributed by atoms with E-state index < -0.39 is 0 Å². The Hall–Kier alpha value is -3.41. The monoisotopic (exact) mass is 666 g/mol. The van der Waals surface area contributed by atoms with Gasteiger partial charge in [-0.15, -0.1) is 18.0 Å². The van der Waals surface area contributed by atoms with Gasteiger partial charge >= 0.3 is 0 Å². The maximum atomic E-state index is 4.59. The van der Waals surface area contributed by atoms with Gasteiger partial charge in [-0.2, -0.15) is 0 Å². The van der Waals surface area contributed by atoms with E-state index in [9.17, 15) is 0 Å². The molecule has 5 aromatic carbocycles. The molecule has 0 unspecified atom stereocenters. The molecular formula is C31H23AuN3S-2. The number of benzene rings is 5. The number of para-hydroxylation sites is 6. The molecule has 5 aromatic rings. The molecule has 3 nitrogen and oxygen atoms in total. The Balaban J connectivity index is 0.000000155. The van der Waals surface area contributed by atoms with E-state index in [-0.39, 0.29) is 22.4 Å². The van der Waals surface area contributed by atoms with E-state index in [1.54, 1.807) is 11.8 Å². The van der Waals surface area contributed by atoms with Crippen LogP contribution < -0.4 is 9.80 Å². The third-order valence-electron chi connectivity index (χ3n) is 5.89. The first-order valence-corrected chi connectivity index (χ1v) is 12.4. The number of hydrogen-bond acceptors (Lipinski definition) is 3. The molecule has 0 aromatic heterocycles. The van der Waals surface area contributed by atoms with Crippen LogP contribution in [0.2, 0.25) is 0 Å². The van der Waals surface area contributed by atoms with Crippen molar-refractivity contribution >= 4 is 45.9 Å². The predicted molar refractivity (Wildman–Crippen MR) is 148 cm³/mol. The first-order valence-electron chi connectivity index (χ1n) is 11.6. The molecule has 0 aliphatic carbocycles. The average molecular weight is 667 g/mol. The van der Waals surface area contributed by atoms with Gasteiger partial charge in [-0.1, -0.05) is 96.7 Å². The first kappa shape index (κ1) is 24.3. The van der Waals surface area contributed by atoms with Crippen LogP contribution in [0.4, 0.5) is 34.1 Å². The topological polar surface area (TPSA) is 20.6 Å². The summed E-state index contributed by atoms with van der Waals surface area (Å²) in [5.41, 5.74) is 6.90. The molecule has 0 saturated heterocycles. The molecule has 7 rings (SSSR count). The zero-order chi connectivity index (χ0) is 23.5. The maximum absolute atomic E-state index is 4.59. The SMILES string of the molecule is [Au].c1ccc(N2[CH-]N(c3ccccc3)c3ccccc32)cc1.c1ccc2c(c1)[N-]c1ccccc1S2. The van der Waals surface area contributed by atoms with Gasteiger partial charge in [0.15, 0.2) is 0 Å². The summed E-state index contributed by atoms with van der Waals surface area (Å²) in [4.78, 5) is 6.93. The predicted octanol–water partition coefficient (Wildman–Crippen LogP) is 9.58. The van der Waals surface area contributed by atoms with Gasteiger partial charge in [-0.25, -0.2) is 0 Å². The number of hydrogen-bond donors (Lipinski definition) is 0. The Morgan fingerprint density at radius 2 is 0.861 bits per heavy atom. The standard InChI is InChI=1S/C19H15N2.C12H8NS.Au/c1-3-9-16(10-4-1)20-15-21(17-11-5-2-6-12-17)19-14-8-7-13-18(19)20;1-3-7-11-9(5-1)13-10-6-2-4-8-12(10)14-11;/h1-15H;1-8H;/q2*-1;. The van der Waals surface area contributed by atoms with Crippen LogP contribution in [0, 0.1) is 6.67 Å². The molecule has 2 aliphatic heterocycles. The van der Waals surface area contributed by atoms with Crippen LogP contribution in [-0.4, -0.2) is 0 Å². The van der Waals surface area contributed by atoms with Gasteiger partial charge in [-0.05, 0) is 58.3 Å². The minimum atomic E-state index is 0. The van der Waals surface area contributed by atoms with E-state index in [1.807, 2.05) is 24.3 Å². The van der Waals surface area contributed by atoms with Gasteiger partial charge in [0.25, 0.3) is 0 Å². The van der Waals surface area contributed by atoms with E-state index in [0.717, 1.165) is 11.4 Å². The van der Waals surface area contributed by atoms with Crippen LogP contribution in [-0.2, 0) is 22.4 Å². The average Bonchev–Trinajstić information content (AvgIpc) is 3.33. The first-order chi connectivity index (χ1) is 17.4. The molecule has 0 spiro atoms. The fourth-order valence-corrected chi connectivity index (χ4v) is 5.19. The molecule has 0 atom stereocenters. The fourth-order valence-electron chi connectivity index (χ4n) is 4.22. The number of rotatable bonds is 2. The summed E-state index contributed by atoms with van der Waals surface area (Å²) in [6, 6.07) is 45.8. The molecule has 0 saturated carbocycles. The van der Waals surface area contributed by atoms with Crippen molar-refractivity contribution in [2.24, 2.45) is 0 Å². The summed E-state index contributed by atoms with van der Waals surface area (Å²) in [5, 5.41) is 4.59. The number of fused-ring (bicyclic) bond motifs is 3. The second-order valence-electron chi connectivity index (χ2n) is 8.16. The molecule has 36 heavy (non-hydrogen) atoms. The second kappa shape index (κ2) is 11.1. The fraction of sp³-hybridized carbons (Fsp3) is 0. The van der Waals surface area contributed by atoms with Crippen molar-refractivity contribution in [3.63, 3.8) is 0 Å². The van der Waals surface area contributed by atoms with E-state index in [4.69, 9.17) is 0 Å². The van der Waals surface area contributed by atoms with E-state index in [1.165, 1.54) is 32.5 Å². The van der Waals surface area contributed by atoms with Crippen molar-refractivity contribution in [1.29, 1.82) is 0 Å². The summed E-state index contributed by atoms with van der Waals surface area (Å²) in [5.74, 6) is 0. The molecule has 0 N–H and O–H groups in total. The third kappa shape index (κ3) is 4.95. The van der Waals surface area contributed by atoms with E-state index >= 15 is 0 Å². The van der Waals surface area contributed by atoms with Crippen molar-refractivity contribution < 1.29 is 22.4 Å². The van der Waals surface area contributed by atoms with Crippen molar-refractivity contribution in [3.05, 3.63) is 145 Å². The number of nitrogens with zero attached hydrogens (tertiary/aromatic N) is 3. The molecule has 0 fully saturated rings. The Morgan fingerprint density at radius 1 is 0.472 bits per heavy atom. The molecule has 181 valence electrons. The summed E-state index contributed by atoms with van der Waals surface area (Å²) < 4.78 is 0. The van der Waals surface area contributed by atoms with Gasteiger partial charge in [0, 0.05) is 45.1 Å². The largest absolute Gasteiger partial charge is 0.656 e. The minimum Gasteiger partial charge on any atom is -0.656 e. The molecule has 2 aliphatic rings. The maximum Gasteiger partial charge on any atom is 0.0345 e. The van der Waals surface area contributed by atoms with E-state index in [2.05, 4.69) is 131 Å². The van der Waals surface area contributed by atoms with Crippen molar-refractivity contribution in [3.8, 4) is 0 Å². The quantitative estimate of drug-likeness (QED) is 0.136. The van der Waals surface area contributed by atoms with Crippen LogP contribution in [0.1, 0.15) is 0 Å². The molecule has 1 radical (unpaired) electrons. The van der Waals surface area contributed by atoms with Gasteiger partial charge in [0.1, 0.15) is 0 Å². The van der Waals surface area contributed by atoms with Crippen LogP contribution >= 0.6 is 11.8 Å². The number of anilines is 4. The van der Waals surface area contributed by atoms with Gasteiger partial charge in [0.2, 0.25) is 0 Å². The zero-order valence-corrected chi connectivity index (χ0v) is 22.3. The molecular weight excluding hydrogens is 643 g/mol. The zero-order valence-electron chi connectivity index (χ0n) is 19.3. The Bertz CT molecular complexity index is 1290.